The molecular weight excluding hydrogens is 315 g/mol. The van der Waals surface area contributed by atoms with Crippen LogP contribution in [0.25, 0.3) is 0 Å². The Morgan fingerprint density at radius 2 is 1.95 bits per heavy atom. The summed E-state index contributed by atoms with van der Waals surface area (Å²) in [6, 6.07) is 0. The second-order valence-electron chi connectivity index (χ2n) is 4.01. The number of carboxylic acid groups (broad SMARTS) is 1. The first-order chi connectivity index (χ1) is 9.14. The number of hydrogen-bond acceptors (Lipinski definition) is 5. The zero-order valence-electron chi connectivity index (χ0n) is 11.9. The molecule has 0 heterocycles. The van der Waals surface area contributed by atoms with Gasteiger partial charge in [0.15, 0.2) is 0 Å². The van der Waals surface area contributed by atoms with Crippen molar-refractivity contribution in [2.75, 3.05) is 12.4 Å². The van der Waals surface area contributed by atoms with Gasteiger partial charge in [-0.25, -0.2) is 4.79 Å². The van der Waals surface area contributed by atoms with Gasteiger partial charge in [0.1, 0.15) is 6.61 Å². The van der Waals surface area contributed by atoms with Crippen molar-refractivity contribution in [3.63, 3.8) is 0 Å². The van der Waals surface area contributed by atoms with Gasteiger partial charge in [-0.1, -0.05) is 6.08 Å². The number of carboxylic acids is 1. The molecule has 0 aliphatic rings. The van der Waals surface area contributed by atoms with Crippen molar-refractivity contribution in [3.05, 3.63) is 12.2 Å². The van der Waals surface area contributed by atoms with E-state index in [1.807, 2.05) is 0 Å². The summed E-state index contributed by atoms with van der Waals surface area (Å²) in [6.07, 6.45) is 3.40. The Balaban J connectivity index is 0. The summed E-state index contributed by atoms with van der Waals surface area (Å²) in [6.45, 7) is 3.08. The monoisotopic (exact) mass is 334 g/mol. The van der Waals surface area contributed by atoms with Crippen molar-refractivity contribution < 1.29 is 32.4 Å². The molecule has 0 saturated heterocycles. The second kappa shape index (κ2) is 12.9. The number of carbonyl (C=O) groups excluding carboxylic acids is 1. The molecule has 7 nitrogen and oxygen atoms in total. The fourth-order valence-corrected chi connectivity index (χ4v) is 2.80. The number of aliphatic carboxylic acids is 1. The third-order valence-electron chi connectivity index (χ3n) is 1.96. The molecule has 0 spiro atoms. The molecule has 0 aromatic rings. The molecule has 2 N–H and O–H groups in total. The summed E-state index contributed by atoms with van der Waals surface area (Å²) in [5.74, 6) is -2.19. The Labute approximate surface area is 153 Å². The Kier molecular flexibility index (Phi) is 14.5. The van der Waals surface area contributed by atoms with Crippen LogP contribution in [-0.4, -0.2) is 91.3 Å². The average Bonchev–Trinajstić information content (AvgIpc) is 2.33. The first kappa shape index (κ1) is 22.5. The van der Waals surface area contributed by atoms with Crippen molar-refractivity contribution in [2.45, 2.75) is 20.8 Å². The van der Waals surface area contributed by atoms with Crippen LogP contribution in [0.15, 0.2) is 12.2 Å². The van der Waals surface area contributed by atoms with E-state index in [1.54, 1.807) is 6.92 Å². The summed E-state index contributed by atoms with van der Waals surface area (Å²) in [4.78, 5) is 20.9. The molecule has 0 radical (unpaired) electrons. The van der Waals surface area contributed by atoms with Crippen LogP contribution in [0, 0.1) is 5.92 Å². The van der Waals surface area contributed by atoms with Gasteiger partial charge in [0.25, 0.3) is 0 Å². The Bertz CT molecular complexity index is 416. The maximum atomic E-state index is 10.7. The van der Waals surface area contributed by atoms with E-state index >= 15 is 0 Å². The molecule has 20 heavy (non-hydrogen) atoms. The number of esters is 1. The Hall–Kier alpha value is 0.226. The summed E-state index contributed by atoms with van der Waals surface area (Å²) >= 11 is 0.706. The van der Waals surface area contributed by atoms with Crippen LogP contribution in [0.3, 0.4) is 0 Å². The van der Waals surface area contributed by atoms with Gasteiger partial charge in [0.2, 0.25) is 0 Å². The van der Waals surface area contributed by atoms with E-state index in [2.05, 4.69) is 4.74 Å². The third-order valence-corrected chi connectivity index (χ3v) is 3.86. The third kappa shape index (κ3) is 18.2. The van der Waals surface area contributed by atoms with Crippen LogP contribution < -0.4 is 0 Å². The van der Waals surface area contributed by atoms with Gasteiger partial charge in [0.05, 0.1) is 5.92 Å². The van der Waals surface area contributed by atoms with Crippen molar-refractivity contribution in [1.82, 2.24) is 0 Å². The molecule has 1 unspecified atom stereocenters. The predicted octanol–water partition coefficient (Wildman–Crippen LogP) is 0.677. The van der Waals surface area contributed by atoms with Gasteiger partial charge in [-0.05, 0) is 13.8 Å². The van der Waals surface area contributed by atoms with Crippen LogP contribution in [0.4, 0.5) is 0 Å². The molecule has 0 saturated carbocycles. The number of rotatable bonds is 7. The van der Waals surface area contributed by atoms with E-state index in [1.165, 1.54) is 19.1 Å². The summed E-state index contributed by atoms with van der Waals surface area (Å²) in [7, 11) is -3.66. The molecule has 9 heteroatoms. The first-order valence-corrected chi connectivity index (χ1v) is 9.93. The van der Waals surface area contributed by atoms with E-state index in [9.17, 15) is 18.0 Å². The van der Waals surface area contributed by atoms with Crippen molar-refractivity contribution >= 4 is 71.0 Å². The summed E-state index contributed by atoms with van der Waals surface area (Å²) < 4.78 is 33.7. The molecule has 0 aromatic heterocycles. The molecule has 0 fully saturated rings. The molecule has 0 rings (SSSR count). The predicted molar refractivity (Wildman–Crippen MR) is 74.2 cm³/mol. The number of carbonyl (C=O) groups is 2. The van der Waals surface area contributed by atoms with E-state index in [0.717, 1.165) is 0.515 Å². The molecule has 1 atom stereocenters. The Morgan fingerprint density at radius 1 is 1.40 bits per heavy atom. The first-order valence-electron chi connectivity index (χ1n) is 6.11. The fourth-order valence-electron chi connectivity index (χ4n) is 0.789. The number of allylic oxidation sites excluding steroid dienone is 1. The van der Waals surface area contributed by atoms with Crippen LogP contribution in [0.2, 0.25) is 0.515 Å². The van der Waals surface area contributed by atoms with Crippen molar-refractivity contribution in [2.24, 2.45) is 5.92 Å². The van der Waals surface area contributed by atoms with E-state index in [0.29, 0.717) is 55.4 Å². The minimum atomic E-state index is -3.66. The van der Waals surface area contributed by atoms with Gasteiger partial charge in [0, 0.05) is 6.08 Å². The van der Waals surface area contributed by atoms with Gasteiger partial charge >= 0.3 is 96.7 Å². The molecule has 0 aromatic carbocycles. The maximum absolute atomic E-state index is 10.7. The Morgan fingerprint density at radius 3 is 2.25 bits per heavy atom. The minimum absolute atomic E-state index is 0.0608. The van der Waals surface area contributed by atoms with Crippen LogP contribution in [0.1, 0.15) is 20.3 Å². The topological polar surface area (TPSA) is 118 Å². The number of hydrogen-bond donors (Lipinski definition) is 2. The van der Waals surface area contributed by atoms with E-state index in [4.69, 9.17) is 9.66 Å². The molecular formula is C11H19KO7S. The number of ether oxygens (including phenoxy) is 1. The van der Waals surface area contributed by atoms with E-state index in [-0.39, 0.29) is 12.4 Å². The van der Waals surface area contributed by atoms with Crippen LogP contribution in [-0.2, 0) is 24.4 Å². The summed E-state index contributed by atoms with van der Waals surface area (Å²) in [5.41, 5.74) is 0. The van der Waals surface area contributed by atoms with Gasteiger partial charge in [-0.2, -0.15) is 0 Å². The van der Waals surface area contributed by atoms with Crippen molar-refractivity contribution in [1.29, 1.82) is 0 Å². The zero-order valence-corrected chi connectivity index (χ0v) is 15.8. The van der Waals surface area contributed by atoms with Crippen LogP contribution in [0.5, 0.6) is 0 Å². The van der Waals surface area contributed by atoms with Crippen molar-refractivity contribution in [3.8, 4) is 0 Å². The van der Waals surface area contributed by atoms with Gasteiger partial charge in [-0.3, -0.25) is 4.79 Å². The molecule has 0 aliphatic heterocycles. The molecule has 0 aliphatic carbocycles. The molecule has 112 valence electrons. The molecule has 0 bridgehead atoms. The SMILES string of the molecule is CC=CC(=O)OCC(C)C(=O)O.O=S(=O)(O)CC[CH2][K]. The quantitative estimate of drug-likeness (QED) is 0.304. The second-order valence-corrected chi connectivity index (χ2v) is 7.14. The van der Waals surface area contributed by atoms with Gasteiger partial charge < -0.3 is 9.84 Å². The van der Waals surface area contributed by atoms with Gasteiger partial charge in [-0.15, -0.1) is 0 Å². The summed E-state index contributed by atoms with van der Waals surface area (Å²) in [5, 5.41) is 8.42. The standard InChI is InChI=1S/C8H12O4.C3H7O3S.K/c1-3-4-7(9)12-5-6(2)8(10)11;1-2-3-7(4,5)6;/h3-4,6H,5H2,1-2H3,(H,10,11);1-3H2,(H,4,5,6);. The van der Waals surface area contributed by atoms with E-state index < -0.39 is 28.0 Å². The molecule has 0 amide bonds. The normalized spacial score (nSPS) is 12.4. The fraction of sp³-hybridized carbons (Fsp3) is 0.636. The average molecular weight is 334 g/mol. The van der Waals surface area contributed by atoms with Crippen LogP contribution >= 0.6 is 0 Å². The zero-order chi connectivity index (χ0) is 16.2.